The van der Waals surface area contributed by atoms with Gasteiger partial charge >= 0.3 is 35.3 Å². The SMILES string of the molecule is C=C(C(=O)OC(OCCC(F)(F)S(=O)(=O)[O-])(C(=O)OC1CCCCC1)C(F)(F)F)C(F)(F)F. The second-order valence-corrected chi connectivity index (χ2v) is 8.34. The molecule has 8 nitrogen and oxygen atoms in total. The number of hydrogen-bond acceptors (Lipinski definition) is 8. The zero-order chi connectivity index (χ0) is 25.9. The van der Waals surface area contributed by atoms with Gasteiger partial charge in [0.2, 0.25) is 0 Å². The average molecular weight is 521 g/mol. The first-order valence-electron chi connectivity index (χ1n) is 8.99. The highest BCUT2D eigenvalue weighted by Crippen LogP contribution is 2.40. The van der Waals surface area contributed by atoms with Crippen LogP contribution in [0.5, 0.6) is 0 Å². The largest absolute Gasteiger partial charge is 0.743 e. The molecule has 1 unspecified atom stereocenters. The molecule has 0 spiro atoms. The van der Waals surface area contributed by atoms with Crippen LogP contribution in [-0.4, -0.2) is 61.0 Å². The minimum atomic E-state index is -6.39. The summed E-state index contributed by atoms with van der Waals surface area (Å²) in [7, 11) is -6.39. The lowest BCUT2D eigenvalue weighted by Gasteiger charge is -2.34. The molecule has 1 fully saturated rings. The van der Waals surface area contributed by atoms with Crippen LogP contribution in [0.4, 0.5) is 35.1 Å². The number of ether oxygens (including phenoxy) is 3. The van der Waals surface area contributed by atoms with Crippen molar-refractivity contribution in [3.8, 4) is 0 Å². The summed E-state index contributed by atoms with van der Waals surface area (Å²) in [5, 5.41) is -5.18. The summed E-state index contributed by atoms with van der Waals surface area (Å²) in [5.74, 6) is -10.4. The summed E-state index contributed by atoms with van der Waals surface area (Å²) in [6.45, 7) is 0.134. The van der Waals surface area contributed by atoms with Crippen LogP contribution >= 0.6 is 0 Å². The number of alkyl halides is 8. The van der Waals surface area contributed by atoms with E-state index >= 15 is 0 Å². The zero-order valence-corrected chi connectivity index (χ0v) is 17.2. The summed E-state index contributed by atoms with van der Waals surface area (Å²) < 4.78 is 149. The van der Waals surface area contributed by atoms with E-state index in [-0.39, 0.29) is 12.8 Å². The van der Waals surface area contributed by atoms with Crippen LogP contribution in [0.1, 0.15) is 38.5 Å². The Morgan fingerprint density at radius 3 is 1.91 bits per heavy atom. The smallest absolute Gasteiger partial charge is 0.468 e. The molecule has 1 atom stereocenters. The fourth-order valence-corrected chi connectivity index (χ4v) is 2.88. The van der Waals surface area contributed by atoms with Crippen molar-refractivity contribution < 1.29 is 71.9 Å². The number of carbonyl (C=O) groups excluding carboxylic acids is 2. The van der Waals surface area contributed by atoms with Gasteiger partial charge in [-0.25, -0.2) is 18.0 Å². The highest BCUT2D eigenvalue weighted by molar-refractivity contribution is 7.86. The molecular weight excluding hydrogens is 504 g/mol. The van der Waals surface area contributed by atoms with Gasteiger partial charge in [-0.1, -0.05) is 13.0 Å². The van der Waals surface area contributed by atoms with Crippen LogP contribution in [0, 0.1) is 0 Å². The Bertz CT molecular complexity index is 846. The maximum Gasteiger partial charge on any atom is 0.468 e. The highest BCUT2D eigenvalue weighted by Gasteiger charge is 2.69. The maximum absolute atomic E-state index is 13.8. The van der Waals surface area contributed by atoms with Gasteiger partial charge in [0.15, 0.2) is 10.1 Å². The summed E-state index contributed by atoms with van der Waals surface area (Å²) >= 11 is 0. The van der Waals surface area contributed by atoms with Crippen LogP contribution in [0.15, 0.2) is 12.2 Å². The van der Waals surface area contributed by atoms with E-state index < -0.39 is 70.2 Å². The molecular formula is C16H17F8O8S-. The van der Waals surface area contributed by atoms with Crippen molar-refractivity contribution in [2.75, 3.05) is 6.61 Å². The lowest BCUT2D eigenvalue weighted by molar-refractivity contribution is -0.357. The molecule has 0 heterocycles. The van der Waals surface area contributed by atoms with Gasteiger partial charge < -0.3 is 18.8 Å². The second kappa shape index (κ2) is 10.1. The summed E-state index contributed by atoms with van der Waals surface area (Å²) in [6, 6.07) is 0. The van der Waals surface area contributed by atoms with Gasteiger partial charge in [0.1, 0.15) is 11.7 Å². The van der Waals surface area contributed by atoms with E-state index in [1.165, 1.54) is 0 Å². The first-order valence-corrected chi connectivity index (χ1v) is 10.4. The van der Waals surface area contributed by atoms with Crippen molar-refractivity contribution >= 4 is 22.1 Å². The van der Waals surface area contributed by atoms with Gasteiger partial charge in [-0.3, -0.25) is 0 Å². The molecule has 192 valence electrons. The minimum Gasteiger partial charge on any atom is -0.743 e. The average Bonchev–Trinajstić information content (AvgIpc) is 2.64. The molecule has 1 aliphatic rings. The first kappa shape index (κ1) is 29.0. The van der Waals surface area contributed by atoms with Crippen molar-refractivity contribution in [1.29, 1.82) is 0 Å². The first-order chi connectivity index (χ1) is 14.7. The molecule has 1 rings (SSSR count). The van der Waals surface area contributed by atoms with Gasteiger partial charge in [-0.05, 0) is 25.7 Å². The van der Waals surface area contributed by atoms with Crippen molar-refractivity contribution in [3.05, 3.63) is 12.2 Å². The minimum absolute atomic E-state index is 0.0371. The van der Waals surface area contributed by atoms with Gasteiger partial charge in [0, 0.05) is 6.42 Å². The zero-order valence-electron chi connectivity index (χ0n) is 16.4. The fraction of sp³-hybridized carbons (Fsp3) is 0.750. The fourth-order valence-electron chi connectivity index (χ4n) is 2.54. The van der Waals surface area contributed by atoms with E-state index in [0.717, 1.165) is 0 Å². The van der Waals surface area contributed by atoms with E-state index in [2.05, 4.69) is 20.8 Å². The van der Waals surface area contributed by atoms with Gasteiger partial charge in [-0.15, -0.1) is 0 Å². The Hall–Kier alpha value is -2.01. The summed E-state index contributed by atoms with van der Waals surface area (Å²) in [5.41, 5.74) is -2.50. The molecule has 1 saturated carbocycles. The number of halogens is 8. The Morgan fingerprint density at radius 2 is 1.48 bits per heavy atom. The molecule has 0 aliphatic heterocycles. The molecule has 0 radical (unpaired) electrons. The molecule has 0 N–H and O–H groups in total. The molecule has 0 aromatic carbocycles. The Morgan fingerprint density at radius 1 is 0.970 bits per heavy atom. The van der Waals surface area contributed by atoms with E-state index in [1.54, 1.807) is 0 Å². The predicted molar refractivity (Wildman–Crippen MR) is 88.3 cm³/mol. The number of rotatable bonds is 9. The Balaban J connectivity index is 3.32. The summed E-state index contributed by atoms with van der Waals surface area (Å²) in [4.78, 5) is 24.0. The number of carbonyl (C=O) groups is 2. The molecule has 0 aromatic heterocycles. The van der Waals surface area contributed by atoms with Crippen LogP contribution in [-0.2, 0) is 33.9 Å². The van der Waals surface area contributed by atoms with Gasteiger partial charge in [0.25, 0.3) is 0 Å². The third-order valence-electron chi connectivity index (χ3n) is 4.36. The van der Waals surface area contributed by atoms with Gasteiger partial charge in [-0.2, -0.15) is 35.1 Å². The lowest BCUT2D eigenvalue weighted by Crippen LogP contribution is -2.59. The standard InChI is InChI=1S/C16H18F8O8S/c1-9(15(19,20)21)11(25)32-14(16(22,23)24,12(26)31-10-5-3-2-4-6-10)30-8-7-13(17,18)33(27,28)29/h10H,1-8H2,(H,27,28,29)/p-1. The highest BCUT2D eigenvalue weighted by atomic mass is 32.2. The van der Waals surface area contributed by atoms with Crippen LogP contribution in [0.2, 0.25) is 0 Å². The van der Waals surface area contributed by atoms with Crippen molar-refractivity contribution in [2.45, 2.75) is 68.0 Å². The van der Waals surface area contributed by atoms with Crippen LogP contribution in [0.25, 0.3) is 0 Å². The van der Waals surface area contributed by atoms with E-state index in [9.17, 15) is 57.7 Å². The Labute approximate surface area is 181 Å². The van der Waals surface area contributed by atoms with E-state index in [4.69, 9.17) is 0 Å². The Kier molecular flexibility index (Phi) is 8.87. The molecule has 0 amide bonds. The van der Waals surface area contributed by atoms with Crippen LogP contribution < -0.4 is 0 Å². The molecule has 0 bridgehead atoms. The number of hydrogen-bond donors (Lipinski definition) is 0. The topological polar surface area (TPSA) is 119 Å². The third kappa shape index (κ3) is 7.23. The van der Waals surface area contributed by atoms with Crippen molar-refractivity contribution in [2.24, 2.45) is 0 Å². The monoisotopic (exact) mass is 521 g/mol. The number of esters is 2. The van der Waals surface area contributed by atoms with E-state index in [0.29, 0.717) is 19.3 Å². The normalized spacial score (nSPS) is 18.3. The second-order valence-electron chi connectivity index (χ2n) is 6.84. The molecule has 1 aliphatic carbocycles. The molecule has 0 saturated heterocycles. The predicted octanol–water partition coefficient (Wildman–Crippen LogP) is 3.33. The summed E-state index contributed by atoms with van der Waals surface area (Å²) in [6.07, 6.45) is -13.7. The van der Waals surface area contributed by atoms with Crippen molar-refractivity contribution in [1.82, 2.24) is 0 Å². The molecule has 0 aromatic rings. The van der Waals surface area contributed by atoms with Gasteiger partial charge in [0.05, 0.1) is 6.61 Å². The van der Waals surface area contributed by atoms with Crippen molar-refractivity contribution in [3.63, 3.8) is 0 Å². The molecule has 17 heteroatoms. The maximum atomic E-state index is 13.8. The van der Waals surface area contributed by atoms with E-state index in [1.807, 2.05) is 0 Å². The molecule has 33 heavy (non-hydrogen) atoms. The lowest BCUT2D eigenvalue weighted by atomic mass is 9.98. The third-order valence-corrected chi connectivity index (χ3v) is 5.29. The quantitative estimate of drug-likeness (QED) is 0.149. The van der Waals surface area contributed by atoms with Crippen LogP contribution in [0.3, 0.4) is 0 Å².